The van der Waals surface area contributed by atoms with Gasteiger partial charge in [-0.3, -0.25) is 9.59 Å². The van der Waals surface area contributed by atoms with Gasteiger partial charge in [0, 0.05) is 61.7 Å². The minimum Gasteiger partial charge on any atom is -0.497 e. The molecule has 2 aliphatic carbocycles. The van der Waals surface area contributed by atoms with Gasteiger partial charge in [-0.05, 0) is 93.8 Å². The molecule has 278 valence electrons. The molecule has 0 spiro atoms. The maximum absolute atomic E-state index is 15.0. The first-order chi connectivity index (χ1) is 24.6. The molecule has 1 aromatic heterocycles. The van der Waals surface area contributed by atoms with Gasteiger partial charge in [0.05, 0.1) is 30.3 Å². The van der Waals surface area contributed by atoms with E-state index in [1.807, 2.05) is 37.8 Å². The van der Waals surface area contributed by atoms with Gasteiger partial charge in [0.1, 0.15) is 11.4 Å². The Kier molecular flexibility index (Phi) is 8.22. The normalized spacial score (nSPS) is 25.4. The molecule has 3 amide bonds. The molecule has 8 rings (SSSR count). The summed E-state index contributed by atoms with van der Waals surface area (Å²) >= 11 is 0. The van der Waals surface area contributed by atoms with E-state index in [0.717, 1.165) is 69.9 Å². The largest absolute Gasteiger partial charge is 0.497 e. The maximum atomic E-state index is 15.0. The fraction of sp³-hybridized carbons (Fsp3) is 0.564. The fourth-order valence-corrected chi connectivity index (χ4v) is 9.97. The van der Waals surface area contributed by atoms with Gasteiger partial charge in [0.2, 0.25) is 5.91 Å². The van der Waals surface area contributed by atoms with Crippen LogP contribution >= 0.6 is 0 Å². The molecule has 2 aromatic carbocycles. The fourth-order valence-electron chi connectivity index (χ4n) is 9.44. The third kappa shape index (κ3) is 5.66. The van der Waals surface area contributed by atoms with Crippen molar-refractivity contribution < 1.29 is 32.3 Å². The molecule has 2 saturated carbocycles. The van der Waals surface area contributed by atoms with Gasteiger partial charge in [-0.1, -0.05) is 25.3 Å². The van der Waals surface area contributed by atoms with E-state index in [1.54, 1.807) is 24.1 Å². The van der Waals surface area contributed by atoms with Crippen molar-refractivity contribution in [3.05, 3.63) is 53.1 Å². The first-order valence-electron chi connectivity index (χ1n) is 18.5. The number of carbonyl (C=O) groups is 3. The standard InChI is InChI=1S/C39H49N5O7S/c1-38(2,3)51-37(47)43-21-25-17-26(43)20-42(25)36(46)39-19-31(39)30-18-27(50-6)13-15-28(30)34-33(23-10-8-7-9-11-23)29-14-12-24(16-32(29)44(34)22-39)35(45)40-52(48,49)41(4)5/h12-16,18,23,25-26,31H,7-11,17,19-22H2,1-6H3,(H,40,45)/t25-,26+,31+,39+/m1/s1. The lowest BCUT2D eigenvalue weighted by Gasteiger charge is -2.37. The minimum atomic E-state index is -4.00. The zero-order valence-electron chi connectivity index (χ0n) is 30.9. The van der Waals surface area contributed by atoms with Crippen molar-refractivity contribution in [2.45, 2.75) is 102 Å². The van der Waals surface area contributed by atoms with Gasteiger partial charge in [-0.25, -0.2) is 9.52 Å². The van der Waals surface area contributed by atoms with Gasteiger partial charge in [0.25, 0.3) is 5.91 Å². The number of amides is 3. The zero-order chi connectivity index (χ0) is 36.9. The lowest BCUT2D eigenvalue weighted by Crippen LogP contribution is -2.53. The number of hydrogen-bond donors (Lipinski definition) is 1. The quantitative estimate of drug-likeness (QED) is 0.349. The number of piperazine rings is 1. The molecule has 4 fully saturated rings. The van der Waals surface area contributed by atoms with Gasteiger partial charge in [-0.2, -0.15) is 12.7 Å². The third-order valence-corrected chi connectivity index (χ3v) is 13.4. The van der Waals surface area contributed by atoms with Crippen molar-refractivity contribution >= 4 is 39.0 Å². The Bertz CT molecular complexity index is 2100. The molecule has 0 radical (unpaired) electrons. The smallest absolute Gasteiger partial charge is 0.410 e. The Balaban J connectivity index is 1.23. The molecular formula is C39H49N5O7S. The van der Waals surface area contributed by atoms with Crippen LogP contribution in [0.3, 0.4) is 0 Å². The number of ether oxygens (including phenoxy) is 2. The number of hydrogen-bond acceptors (Lipinski definition) is 7. The van der Waals surface area contributed by atoms with E-state index < -0.39 is 27.1 Å². The Morgan fingerprint density at radius 3 is 2.33 bits per heavy atom. The number of nitrogens with zero attached hydrogens (tertiary/aromatic N) is 4. The lowest BCUT2D eigenvalue weighted by atomic mass is 9.81. The summed E-state index contributed by atoms with van der Waals surface area (Å²) in [6, 6.07) is 11.5. The third-order valence-electron chi connectivity index (χ3n) is 12.0. The zero-order valence-corrected chi connectivity index (χ0v) is 31.7. The first kappa shape index (κ1) is 35.0. The summed E-state index contributed by atoms with van der Waals surface area (Å²) in [4.78, 5) is 45.3. The molecule has 3 aromatic rings. The second-order valence-electron chi connectivity index (χ2n) is 16.6. The Labute approximate surface area is 305 Å². The predicted molar refractivity (Wildman–Crippen MR) is 196 cm³/mol. The molecule has 4 heterocycles. The molecule has 3 aliphatic heterocycles. The summed E-state index contributed by atoms with van der Waals surface area (Å²) in [5.41, 5.74) is 4.23. The highest BCUT2D eigenvalue weighted by molar-refractivity contribution is 7.87. The van der Waals surface area contributed by atoms with Crippen LogP contribution in [0.1, 0.15) is 99.0 Å². The van der Waals surface area contributed by atoms with Crippen LogP contribution < -0.4 is 9.46 Å². The molecule has 2 saturated heterocycles. The van der Waals surface area contributed by atoms with Crippen molar-refractivity contribution in [2.75, 3.05) is 34.3 Å². The van der Waals surface area contributed by atoms with E-state index in [4.69, 9.17) is 9.47 Å². The molecule has 52 heavy (non-hydrogen) atoms. The van der Waals surface area contributed by atoms with E-state index in [9.17, 15) is 18.0 Å². The topological polar surface area (TPSA) is 130 Å². The summed E-state index contributed by atoms with van der Waals surface area (Å²) in [6.45, 7) is 6.94. The summed E-state index contributed by atoms with van der Waals surface area (Å²) in [5, 5.41) is 1.03. The number of methoxy groups -OCH3 is 1. The summed E-state index contributed by atoms with van der Waals surface area (Å²) in [7, 11) is 0.405. The molecule has 1 N–H and O–H groups in total. The van der Waals surface area contributed by atoms with Crippen LogP contribution in [0.5, 0.6) is 5.75 Å². The summed E-state index contributed by atoms with van der Waals surface area (Å²) in [6.07, 6.45) is 6.66. The maximum Gasteiger partial charge on any atom is 0.410 e. The number of carbonyl (C=O) groups excluding carboxylic acids is 3. The Hall–Kier alpha value is -4.10. The molecule has 12 nitrogen and oxygen atoms in total. The lowest BCUT2D eigenvalue weighted by molar-refractivity contribution is -0.140. The number of fused-ring (bicyclic) bond motifs is 9. The van der Waals surface area contributed by atoms with E-state index in [2.05, 4.69) is 21.4 Å². The van der Waals surface area contributed by atoms with E-state index in [-0.39, 0.29) is 35.6 Å². The van der Waals surface area contributed by atoms with Gasteiger partial charge in [0.15, 0.2) is 0 Å². The second-order valence-corrected chi connectivity index (χ2v) is 18.5. The number of aromatic nitrogens is 1. The average molecular weight is 732 g/mol. The average Bonchev–Trinajstić information content (AvgIpc) is 3.34. The van der Waals surface area contributed by atoms with E-state index >= 15 is 4.79 Å². The summed E-state index contributed by atoms with van der Waals surface area (Å²) < 4.78 is 42.1. The van der Waals surface area contributed by atoms with E-state index in [1.165, 1.54) is 26.1 Å². The molecule has 0 unspecified atom stereocenters. The van der Waals surface area contributed by atoms with Crippen molar-refractivity contribution in [3.63, 3.8) is 0 Å². The van der Waals surface area contributed by atoms with Crippen LogP contribution in [0.4, 0.5) is 4.79 Å². The SMILES string of the molecule is COc1ccc2c(c1)[C@@H]1C[C@]1(C(=O)N1C[C@@H]3C[C@@H]1CN3C(=O)OC(C)(C)C)Cn1c-2c(C2CCCCC2)c2ccc(C(=O)NS(=O)(=O)N(C)C)cc21. The minimum absolute atomic E-state index is 0.0305. The predicted octanol–water partition coefficient (Wildman–Crippen LogP) is 5.61. The van der Waals surface area contributed by atoms with Crippen LogP contribution in [0.2, 0.25) is 0 Å². The van der Waals surface area contributed by atoms with Crippen LogP contribution in [0.15, 0.2) is 36.4 Å². The van der Waals surface area contributed by atoms with Gasteiger partial charge >= 0.3 is 16.3 Å². The number of likely N-dealkylation sites (tertiary alicyclic amines) is 2. The van der Waals surface area contributed by atoms with Crippen LogP contribution in [0.25, 0.3) is 22.2 Å². The summed E-state index contributed by atoms with van der Waals surface area (Å²) in [5.74, 6) is 0.414. The van der Waals surface area contributed by atoms with Crippen LogP contribution in [0, 0.1) is 5.41 Å². The first-order valence-corrected chi connectivity index (χ1v) is 20.0. The molecular weight excluding hydrogens is 683 g/mol. The van der Waals surface area contributed by atoms with Crippen molar-refractivity contribution in [3.8, 4) is 17.0 Å². The van der Waals surface area contributed by atoms with Crippen molar-refractivity contribution in [1.82, 2.24) is 23.4 Å². The highest BCUT2D eigenvalue weighted by atomic mass is 32.2. The van der Waals surface area contributed by atoms with Crippen LogP contribution in [-0.4, -0.2) is 97.0 Å². The highest BCUT2D eigenvalue weighted by Crippen LogP contribution is 2.66. The molecule has 4 atom stereocenters. The van der Waals surface area contributed by atoms with Crippen molar-refractivity contribution in [1.29, 1.82) is 0 Å². The number of rotatable bonds is 6. The Morgan fingerprint density at radius 1 is 0.962 bits per heavy atom. The van der Waals surface area contributed by atoms with E-state index in [0.29, 0.717) is 32.0 Å². The van der Waals surface area contributed by atoms with Gasteiger partial charge in [-0.15, -0.1) is 0 Å². The number of benzene rings is 2. The molecule has 5 aliphatic rings. The monoisotopic (exact) mass is 731 g/mol. The van der Waals surface area contributed by atoms with Gasteiger partial charge < -0.3 is 23.8 Å². The molecule has 13 heteroatoms. The van der Waals surface area contributed by atoms with Crippen molar-refractivity contribution in [2.24, 2.45) is 5.41 Å². The molecule has 2 bridgehead atoms. The highest BCUT2D eigenvalue weighted by Gasteiger charge is 2.65. The second kappa shape index (κ2) is 12.2. The van der Waals surface area contributed by atoms with Crippen LogP contribution in [-0.2, 0) is 26.3 Å². The Morgan fingerprint density at radius 2 is 1.67 bits per heavy atom. The number of nitrogens with one attached hydrogen (secondary N) is 1.